The maximum absolute atomic E-state index is 14.0. The third kappa shape index (κ3) is 6.32. The first-order valence-corrected chi connectivity index (χ1v) is 13.1. The quantitative estimate of drug-likeness (QED) is 0.512. The molecule has 2 amide bonds. The number of hydrogen-bond acceptors (Lipinski definition) is 4. The number of rotatable bonds is 8. The molecule has 3 N–H and O–H groups in total. The summed E-state index contributed by atoms with van der Waals surface area (Å²) in [6.45, 7) is 0.599. The lowest BCUT2D eigenvalue weighted by Crippen LogP contribution is -2.46. The number of halogens is 3. The third-order valence-electron chi connectivity index (χ3n) is 7.92. The molecule has 0 radical (unpaired) electrons. The summed E-state index contributed by atoms with van der Waals surface area (Å²) in [5.74, 6) is -0.551. The highest BCUT2D eigenvalue weighted by Gasteiger charge is 2.39. The Morgan fingerprint density at radius 2 is 1.84 bits per heavy atom. The Morgan fingerprint density at radius 3 is 2.51 bits per heavy atom. The second-order valence-corrected chi connectivity index (χ2v) is 10.3. The van der Waals surface area contributed by atoms with Crippen LogP contribution in [0.3, 0.4) is 0 Å². The largest absolute Gasteiger partial charge is 0.416 e. The van der Waals surface area contributed by atoms with Crippen LogP contribution in [0, 0.1) is 11.8 Å². The molecule has 1 aromatic heterocycles. The van der Waals surface area contributed by atoms with Crippen molar-refractivity contribution in [1.82, 2.24) is 15.2 Å². The molecule has 200 valence electrons. The highest BCUT2D eigenvalue weighted by molar-refractivity contribution is 5.83. The number of alkyl halides is 3. The van der Waals surface area contributed by atoms with Gasteiger partial charge in [0.25, 0.3) is 0 Å². The van der Waals surface area contributed by atoms with Crippen molar-refractivity contribution in [3.63, 3.8) is 0 Å². The summed E-state index contributed by atoms with van der Waals surface area (Å²) >= 11 is 0. The van der Waals surface area contributed by atoms with Gasteiger partial charge in [0.1, 0.15) is 0 Å². The number of amides is 2. The molecule has 1 saturated carbocycles. The average molecular weight is 517 g/mol. The normalized spacial score (nSPS) is 20.5. The summed E-state index contributed by atoms with van der Waals surface area (Å²) < 4.78 is 39.8. The second-order valence-electron chi connectivity index (χ2n) is 10.3. The molecule has 2 fully saturated rings. The number of benzene rings is 1. The van der Waals surface area contributed by atoms with Crippen molar-refractivity contribution < 1.29 is 22.8 Å². The Bertz CT molecular complexity index is 1100. The predicted molar refractivity (Wildman–Crippen MR) is 135 cm³/mol. The summed E-state index contributed by atoms with van der Waals surface area (Å²) in [7, 11) is 1.68. The monoisotopic (exact) mass is 516 g/mol. The fourth-order valence-electron chi connectivity index (χ4n) is 5.92. The van der Waals surface area contributed by atoms with Gasteiger partial charge in [-0.3, -0.25) is 14.6 Å². The van der Waals surface area contributed by atoms with Crippen molar-refractivity contribution in [3.8, 4) is 11.1 Å². The summed E-state index contributed by atoms with van der Waals surface area (Å²) in [6.07, 6.45) is 5.97. The molecule has 6 nitrogen and oxygen atoms in total. The number of aromatic nitrogens is 1. The zero-order valence-electron chi connectivity index (χ0n) is 21.1. The Hall–Kier alpha value is -2.94. The van der Waals surface area contributed by atoms with Gasteiger partial charge in [-0.1, -0.05) is 31.4 Å². The lowest BCUT2D eigenvalue weighted by molar-refractivity contribution is -0.140. The van der Waals surface area contributed by atoms with Crippen molar-refractivity contribution >= 4 is 11.8 Å². The maximum Gasteiger partial charge on any atom is 0.416 e. The van der Waals surface area contributed by atoms with E-state index >= 15 is 0 Å². The first kappa shape index (κ1) is 27.1. The summed E-state index contributed by atoms with van der Waals surface area (Å²) in [4.78, 5) is 32.2. The van der Waals surface area contributed by atoms with Crippen molar-refractivity contribution in [2.45, 2.75) is 69.6 Å². The van der Waals surface area contributed by atoms with Crippen LogP contribution in [0.2, 0.25) is 0 Å². The molecule has 37 heavy (non-hydrogen) atoms. The van der Waals surface area contributed by atoms with Crippen LogP contribution < -0.4 is 11.1 Å². The van der Waals surface area contributed by atoms with E-state index in [1.54, 1.807) is 25.5 Å². The number of nitrogens with one attached hydrogen (secondary N) is 1. The summed E-state index contributed by atoms with van der Waals surface area (Å²) in [6, 6.07) is 6.25. The van der Waals surface area contributed by atoms with E-state index in [0.29, 0.717) is 24.1 Å². The fourth-order valence-corrected chi connectivity index (χ4v) is 5.92. The minimum absolute atomic E-state index is 0.0281. The van der Waals surface area contributed by atoms with Crippen LogP contribution in [-0.4, -0.2) is 41.3 Å². The van der Waals surface area contributed by atoms with Gasteiger partial charge in [-0.05, 0) is 74.4 Å². The molecule has 3 atom stereocenters. The molecule has 0 spiro atoms. The molecule has 1 aliphatic heterocycles. The molecule has 9 heteroatoms. The number of carbonyl (C=O) groups is 2. The second kappa shape index (κ2) is 11.6. The third-order valence-corrected chi connectivity index (χ3v) is 7.92. The van der Waals surface area contributed by atoms with Crippen molar-refractivity contribution in [2.75, 3.05) is 13.6 Å². The van der Waals surface area contributed by atoms with Gasteiger partial charge in [-0.25, -0.2) is 0 Å². The number of nitrogens with two attached hydrogens (primary N) is 1. The number of nitrogens with zero attached hydrogens (tertiary/aromatic N) is 2. The van der Waals surface area contributed by atoms with Crippen LogP contribution in [0.5, 0.6) is 0 Å². The Morgan fingerprint density at radius 1 is 1.08 bits per heavy atom. The van der Waals surface area contributed by atoms with Crippen LogP contribution in [0.15, 0.2) is 42.7 Å². The lowest BCUT2D eigenvalue weighted by atomic mass is 9.76. The molecule has 2 aliphatic rings. The van der Waals surface area contributed by atoms with Crippen molar-refractivity contribution in [2.24, 2.45) is 17.6 Å². The number of primary amides is 1. The van der Waals surface area contributed by atoms with E-state index in [1.807, 2.05) is 11.0 Å². The van der Waals surface area contributed by atoms with Gasteiger partial charge in [0, 0.05) is 30.4 Å². The van der Waals surface area contributed by atoms with Crippen LogP contribution in [0.1, 0.15) is 68.5 Å². The van der Waals surface area contributed by atoms with Crippen LogP contribution in [-0.2, 0) is 15.8 Å². The number of pyridine rings is 1. The van der Waals surface area contributed by atoms with E-state index in [9.17, 15) is 22.8 Å². The van der Waals surface area contributed by atoms with E-state index in [2.05, 4.69) is 10.3 Å². The highest BCUT2D eigenvalue weighted by atomic mass is 19.4. The Balaban J connectivity index is 1.60. The first-order valence-electron chi connectivity index (χ1n) is 13.1. The van der Waals surface area contributed by atoms with Crippen LogP contribution in [0.4, 0.5) is 13.2 Å². The molecule has 3 unspecified atom stereocenters. The molecular formula is C28H35F3N4O2. The lowest BCUT2D eigenvalue weighted by Gasteiger charge is -2.36. The zero-order valence-corrected chi connectivity index (χ0v) is 21.1. The predicted octanol–water partition coefficient (Wildman–Crippen LogP) is 5.09. The van der Waals surface area contributed by atoms with Gasteiger partial charge < -0.3 is 16.0 Å². The topological polar surface area (TPSA) is 88.3 Å². The van der Waals surface area contributed by atoms with Gasteiger partial charge in [0.15, 0.2) is 0 Å². The fraction of sp³-hybridized carbons (Fsp3) is 0.536. The number of carbonyl (C=O) groups excluding carboxylic acids is 2. The standard InChI is InChI=1S/C28H35F3N4O2/c1-33-24(26(32)36)15-23(18-7-3-2-4-8-18)27(37)35-12-6-11-25(35)21-13-20(16-34-17-21)19-9-5-10-22(14-19)28(29,30)31/h5,9-10,13-14,16-18,23-25,33H,2-4,6-8,11-12,15H2,1H3,(H2,32,36). The molecule has 1 aromatic carbocycles. The van der Waals surface area contributed by atoms with Gasteiger partial charge in [0.05, 0.1) is 17.6 Å². The molecule has 0 bridgehead atoms. The summed E-state index contributed by atoms with van der Waals surface area (Å²) in [5.41, 5.74) is 6.71. The van der Waals surface area contributed by atoms with Gasteiger partial charge >= 0.3 is 6.18 Å². The molecule has 4 rings (SSSR count). The minimum atomic E-state index is -4.43. The van der Waals surface area contributed by atoms with E-state index < -0.39 is 23.7 Å². The highest BCUT2D eigenvalue weighted by Crippen LogP contribution is 2.39. The van der Waals surface area contributed by atoms with Crippen molar-refractivity contribution in [3.05, 3.63) is 53.9 Å². The number of likely N-dealkylation sites (N-methyl/N-ethyl adjacent to an activating group) is 1. The maximum atomic E-state index is 14.0. The van der Waals surface area contributed by atoms with E-state index in [1.165, 1.54) is 6.07 Å². The molecule has 2 heterocycles. The zero-order chi connectivity index (χ0) is 26.6. The Labute approximate surface area is 215 Å². The first-order chi connectivity index (χ1) is 17.7. The van der Waals surface area contributed by atoms with Crippen LogP contribution in [0.25, 0.3) is 11.1 Å². The molecule has 1 aliphatic carbocycles. The van der Waals surface area contributed by atoms with Gasteiger partial charge in [-0.15, -0.1) is 0 Å². The molecule has 1 saturated heterocycles. The van der Waals surface area contributed by atoms with E-state index in [0.717, 1.165) is 62.6 Å². The van der Waals surface area contributed by atoms with Gasteiger partial charge in [0.2, 0.25) is 11.8 Å². The molecular weight excluding hydrogens is 481 g/mol. The number of hydrogen-bond donors (Lipinski definition) is 2. The van der Waals surface area contributed by atoms with Crippen LogP contribution >= 0.6 is 0 Å². The van der Waals surface area contributed by atoms with Gasteiger partial charge in [-0.2, -0.15) is 13.2 Å². The summed E-state index contributed by atoms with van der Waals surface area (Å²) in [5, 5.41) is 2.96. The smallest absolute Gasteiger partial charge is 0.368 e. The average Bonchev–Trinajstić information content (AvgIpc) is 3.39. The Kier molecular flexibility index (Phi) is 8.52. The van der Waals surface area contributed by atoms with Crippen molar-refractivity contribution in [1.29, 1.82) is 0 Å². The van der Waals surface area contributed by atoms with E-state index in [4.69, 9.17) is 5.73 Å². The SMILES string of the molecule is CNC(CC(C(=O)N1CCCC1c1cncc(-c2cccc(C(F)(F)F)c2)c1)C1CCCCC1)C(N)=O. The van der Waals surface area contributed by atoms with E-state index in [-0.39, 0.29) is 23.8 Å². The molecule has 2 aromatic rings. The minimum Gasteiger partial charge on any atom is -0.368 e. The number of likely N-dealkylation sites (tertiary alicyclic amines) is 1.